The second-order valence-corrected chi connectivity index (χ2v) is 7.81. The van der Waals surface area contributed by atoms with Crippen LogP contribution in [0.5, 0.6) is 0 Å². The van der Waals surface area contributed by atoms with Crippen LogP contribution in [0.2, 0.25) is 5.02 Å². The van der Waals surface area contributed by atoms with Gasteiger partial charge >= 0.3 is 0 Å². The first-order chi connectivity index (χ1) is 13.4. The lowest BCUT2D eigenvalue weighted by Crippen LogP contribution is -2.13. The number of aliphatic hydroxyl groups excluding tert-OH is 1. The van der Waals surface area contributed by atoms with E-state index in [9.17, 15) is 13.5 Å². The van der Waals surface area contributed by atoms with Crippen LogP contribution in [0.15, 0.2) is 71.6 Å². The highest BCUT2D eigenvalue weighted by molar-refractivity contribution is 7.92. The van der Waals surface area contributed by atoms with Crippen LogP contribution in [0.1, 0.15) is 19.4 Å². The topological polar surface area (TPSA) is 66.4 Å². The average molecular weight is 414 g/mol. The molecule has 3 rings (SSSR count). The molecule has 0 unspecified atom stereocenters. The van der Waals surface area contributed by atoms with Gasteiger partial charge in [-0.05, 0) is 41.0 Å². The van der Waals surface area contributed by atoms with Crippen molar-refractivity contribution in [1.29, 1.82) is 0 Å². The van der Waals surface area contributed by atoms with E-state index in [-0.39, 0.29) is 22.2 Å². The smallest absolute Gasteiger partial charge is 0.261 e. The average Bonchev–Trinajstić information content (AvgIpc) is 2.72. The minimum Gasteiger partial charge on any atom is -0.392 e. The minimum absolute atomic E-state index is 0.113. The van der Waals surface area contributed by atoms with Crippen molar-refractivity contribution in [3.8, 4) is 11.1 Å². The number of anilines is 1. The van der Waals surface area contributed by atoms with Gasteiger partial charge in [-0.15, -0.1) is 0 Å². The zero-order chi connectivity index (χ0) is 20.7. The lowest BCUT2D eigenvalue weighted by Gasteiger charge is -2.11. The zero-order valence-electron chi connectivity index (χ0n) is 15.7. The van der Waals surface area contributed by atoms with Crippen molar-refractivity contribution in [2.24, 2.45) is 0 Å². The third-order valence-electron chi connectivity index (χ3n) is 3.87. The summed E-state index contributed by atoms with van der Waals surface area (Å²) in [6.45, 7) is 3.79. The van der Waals surface area contributed by atoms with Gasteiger partial charge < -0.3 is 5.11 Å². The molecule has 144 valence electrons. The summed E-state index contributed by atoms with van der Waals surface area (Å²) in [7, 11) is 1.88. The summed E-state index contributed by atoms with van der Waals surface area (Å²) in [5, 5.41) is 9.45. The maximum atomic E-state index is 12.6. The van der Waals surface area contributed by atoms with Crippen molar-refractivity contribution in [3.05, 3.63) is 77.3 Å². The quantitative estimate of drug-likeness (QED) is 0.618. The fraction of sp³-hybridized carbons (Fsp3) is 0.143. The highest BCUT2D eigenvalue weighted by Crippen LogP contribution is 2.27. The lowest BCUT2D eigenvalue weighted by molar-refractivity contribution is 0.282. The van der Waals surface area contributed by atoms with Crippen molar-refractivity contribution >= 4 is 40.6 Å². The fourth-order valence-electron chi connectivity index (χ4n) is 2.45. The molecule has 0 atom stereocenters. The first-order valence-electron chi connectivity index (χ1n) is 8.77. The van der Waals surface area contributed by atoms with Gasteiger partial charge in [-0.2, -0.15) is 0 Å². The van der Waals surface area contributed by atoms with E-state index in [0.29, 0.717) is 11.0 Å². The van der Waals surface area contributed by atoms with E-state index < -0.39 is 10.0 Å². The molecule has 0 aliphatic carbocycles. The van der Waals surface area contributed by atoms with Crippen LogP contribution in [0.3, 0.4) is 0 Å². The van der Waals surface area contributed by atoms with Crippen LogP contribution >= 0.6 is 11.6 Å². The Hall–Kier alpha value is -2.28. The first-order valence-corrected chi connectivity index (χ1v) is 10.6. The van der Waals surface area contributed by atoms with Crippen LogP contribution < -0.4 is 10.2 Å². The Morgan fingerprint density at radius 3 is 2.00 bits per heavy atom. The van der Waals surface area contributed by atoms with Gasteiger partial charge in [-0.25, -0.2) is 8.42 Å². The molecular weight excluding hydrogens is 393 g/mol. The molecule has 0 aliphatic heterocycles. The van der Waals surface area contributed by atoms with Crippen LogP contribution in [0.4, 0.5) is 5.69 Å². The van der Waals surface area contributed by atoms with E-state index in [2.05, 4.69) is 4.72 Å². The van der Waals surface area contributed by atoms with Gasteiger partial charge in [0.25, 0.3) is 10.0 Å². The highest BCUT2D eigenvalue weighted by atomic mass is 35.5. The van der Waals surface area contributed by atoms with E-state index in [1.54, 1.807) is 30.3 Å². The molecule has 0 bridgehead atoms. The van der Waals surface area contributed by atoms with E-state index >= 15 is 0 Å². The monoisotopic (exact) mass is 413 g/mol. The largest absolute Gasteiger partial charge is 0.392 e. The minimum atomic E-state index is -3.80. The molecule has 7 heteroatoms. The Labute approximate surface area is 172 Å². The second-order valence-electron chi connectivity index (χ2n) is 5.72. The molecule has 0 spiro atoms. The van der Waals surface area contributed by atoms with Crippen molar-refractivity contribution in [3.63, 3.8) is 0 Å². The molecule has 3 aromatic rings. The molecule has 28 heavy (non-hydrogen) atoms. The highest BCUT2D eigenvalue weighted by Gasteiger charge is 2.16. The van der Waals surface area contributed by atoms with Crippen molar-refractivity contribution in [2.45, 2.75) is 25.3 Å². The summed E-state index contributed by atoms with van der Waals surface area (Å²) >= 11 is 6.05. The van der Waals surface area contributed by atoms with Crippen LogP contribution in [0.25, 0.3) is 11.1 Å². The number of hydrogen-bond donors (Lipinski definition) is 2. The summed E-state index contributed by atoms with van der Waals surface area (Å²) in [6.07, 6.45) is 0. The van der Waals surface area contributed by atoms with Gasteiger partial charge in [0.2, 0.25) is 0 Å². The normalized spacial score (nSPS) is 10.7. The number of sulfonamides is 1. The molecule has 0 saturated heterocycles. The number of halogens is 1. The number of rotatable bonds is 5. The van der Waals surface area contributed by atoms with Crippen molar-refractivity contribution in [2.75, 3.05) is 4.72 Å². The molecule has 0 amide bonds. The summed E-state index contributed by atoms with van der Waals surface area (Å²) in [6, 6.07) is 18.5. The van der Waals surface area contributed by atoms with Gasteiger partial charge in [0.1, 0.15) is 7.85 Å². The Bertz CT molecular complexity index is 1020. The van der Waals surface area contributed by atoms with Gasteiger partial charge in [0.15, 0.2) is 0 Å². The van der Waals surface area contributed by atoms with Crippen LogP contribution in [0, 0.1) is 0 Å². The number of hydrogen-bond acceptors (Lipinski definition) is 3. The van der Waals surface area contributed by atoms with Gasteiger partial charge in [0.05, 0.1) is 22.2 Å². The molecule has 0 saturated carbocycles. The third kappa shape index (κ3) is 5.38. The van der Waals surface area contributed by atoms with Crippen LogP contribution in [-0.2, 0) is 16.6 Å². The zero-order valence-corrected chi connectivity index (χ0v) is 17.3. The predicted octanol–water partition coefficient (Wildman–Crippen LogP) is 4.12. The van der Waals surface area contributed by atoms with E-state index in [1.165, 1.54) is 24.3 Å². The molecule has 3 aromatic carbocycles. The maximum Gasteiger partial charge on any atom is 0.261 e. The van der Waals surface area contributed by atoms with E-state index in [0.717, 1.165) is 11.1 Å². The molecule has 0 aromatic heterocycles. The van der Waals surface area contributed by atoms with E-state index in [4.69, 9.17) is 19.4 Å². The number of aliphatic hydroxyl groups is 1. The predicted molar refractivity (Wildman–Crippen MR) is 117 cm³/mol. The molecule has 0 fully saturated rings. The molecule has 0 heterocycles. The molecular formula is C21H21BClNO3S. The van der Waals surface area contributed by atoms with E-state index in [1.807, 2.05) is 26.0 Å². The van der Waals surface area contributed by atoms with Gasteiger partial charge in [-0.1, -0.05) is 73.4 Å². The number of nitrogens with one attached hydrogen (secondary N) is 1. The van der Waals surface area contributed by atoms with Crippen molar-refractivity contribution in [1.82, 2.24) is 0 Å². The van der Waals surface area contributed by atoms with Gasteiger partial charge in [0, 0.05) is 0 Å². The fourth-order valence-corrected chi connectivity index (χ4v) is 3.75. The summed E-state index contributed by atoms with van der Waals surface area (Å²) in [4.78, 5) is 0.113. The summed E-state index contributed by atoms with van der Waals surface area (Å²) < 4.78 is 27.7. The Kier molecular flexibility index (Phi) is 7.69. The standard InChI is InChI=1S/C19H15BClNO3S.C2H6/c20-16-6-2-14(3-7-16)15-4-8-17(9-5-15)26(24,25)22-19-11-13(12-23)1-10-18(19)21;1-2/h1-11,22-23H,12H2;1-2H3. The Morgan fingerprint density at radius 1 is 0.929 bits per heavy atom. The molecule has 0 aliphatic rings. The van der Waals surface area contributed by atoms with Crippen molar-refractivity contribution < 1.29 is 13.5 Å². The second kappa shape index (κ2) is 9.78. The van der Waals surface area contributed by atoms with Crippen LogP contribution in [-0.4, -0.2) is 21.4 Å². The maximum absolute atomic E-state index is 12.6. The Balaban J connectivity index is 0.00000136. The Morgan fingerprint density at radius 2 is 1.46 bits per heavy atom. The van der Waals surface area contributed by atoms with Gasteiger partial charge in [-0.3, -0.25) is 4.72 Å². The molecule has 4 nitrogen and oxygen atoms in total. The first kappa shape index (κ1) is 22.0. The summed E-state index contributed by atoms with van der Waals surface area (Å²) in [5.74, 6) is 0. The third-order valence-corrected chi connectivity index (χ3v) is 5.58. The lowest BCUT2D eigenvalue weighted by atomic mass is 9.94. The molecule has 2 N–H and O–H groups in total. The molecule has 2 radical (unpaired) electrons. The summed E-state index contributed by atoms with van der Waals surface area (Å²) in [5.41, 5.74) is 3.27. The SMILES string of the molecule is CC.[B]c1ccc(-c2ccc(S(=O)(=O)Nc3cc(CO)ccc3Cl)cc2)cc1. The number of benzene rings is 3.